The molecule has 0 aliphatic rings. The predicted molar refractivity (Wildman–Crippen MR) is 108 cm³/mol. The van der Waals surface area contributed by atoms with Crippen LogP contribution in [0.5, 0.6) is 0 Å². The van der Waals surface area contributed by atoms with Crippen molar-refractivity contribution in [2.45, 2.75) is 19.8 Å². The van der Waals surface area contributed by atoms with Crippen LogP contribution in [0.25, 0.3) is 0 Å². The number of hydrogen-bond donors (Lipinski definition) is 3. The van der Waals surface area contributed by atoms with E-state index < -0.39 is 5.97 Å². The van der Waals surface area contributed by atoms with Gasteiger partial charge in [-0.05, 0) is 43.2 Å². The molecule has 0 bridgehead atoms. The Balaban J connectivity index is 1.68. The number of benzene rings is 2. The number of amides is 2. The highest BCUT2D eigenvalue weighted by molar-refractivity contribution is 8.00. The van der Waals surface area contributed by atoms with Crippen LogP contribution in [0.15, 0.2) is 48.5 Å². The number of aryl methyl sites for hydroxylation is 2. The number of rotatable bonds is 9. The number of nitrogens with one attached hydrogen (secondary N) is 2. The summed E-state index contributed by atoms with van der Waals surface area (Å²) in [7, 11) is 0. The Morgan fingerprint density at radius 3 is 1.81 bits per heavy atom. The van der Waals surface area contributed by atoms with E-state index in [4.69, 9.17) is 5.11 Å². The van der Waals surface area contributed by atoms with E-state index >= 15 is 0 Å². The second-order valence-electron chi connectivity index (χ2n) is 6.05. The van der Waals surface area contributed by atoms with Gasteiger partial charge < -0.3 is 15.7 Å². The Kier molecular flexibility index (Phi) is 7.88. The first-order chi connectivity index (χ1) is 12.9. The molecule has 2 aromatic rings. The smallest absolute Gasteiger partial charge is 0.303 e. The Morgan fingerprint density at radius 1 is 0.852 bits per heavy atom. The summed E-state index contributed by atoms with van der Waals surface area (Å²) in [5, 5.41) is 14.2. The summed E-state index contributed by atoms with van der Waals surface area (Å²) in [4.78, 5) is 34.4. The van der Waals surface area contributed by atoms with E-state index in [1.54, 1.807) is 24.3 Å². The van der Waals surface area contributed by atoms with Crippen molar-refractivity contribution in [2.75, 3.05) is 22.1 Å². The highest BCUT2D eigenvalue weighted by atomic mass is 32.2. The summed E-state index contributed by atoms with van der Waals surface area (Å²) in [5.74, 6) is -0.825. The van der Waals surface area contributed by atoms with E-state index in [9.17, 15) is 14.4 Å². The van der Waals surface area contributed by atoms with Gasteiger partial charge in [0.2, 0.25) is 11.8 Å². The van der Waals surface area contributed by atoms with Crippen molar-refractivity contribution in [1.29, 1.82) is 0 Å². The van der Waals surface area contributed by atoms with Gasteiger partial charge in [-0.2, -0.15) is 0 Å². The molecular weight excluding hydrogens is 364 g/mol. The van der Waals surface area contributed by atoms with Crippen LogP contribution in [0.3, 0.4) is 0 Å². The molecule has 0 spiro atoms. The average molecular weight is 386 g/mol. The van der Waals surface area contributed by atoms with Gasteiger partial charge in [-0.15, -0.1) is 11.8 Å². The first-order valence-corrected chi connectivity index (χ1v) is 9.62. The lowest BCUT2D eigenvalue weighted by Crippen LogP contribution is -2.18. The van der Waals surface area contributed by atoms with Crippen LogP contribution in [-0.4, -0.2) is 34.4 Å². The van der Waals surface area contributed by atoms with E-state index in [-0.39, 0.29) is 29.7 Å². The summed E-state index contributed by atoms with van der Waals surface area (Å²) in [5.41, 5.74) is 3.40. The minimum Gasteiger partial charge on any atom is -0.481 e. The van der Waals surface area contributed by atoms with Crippen molar-refractivity contribution in [3.05, 3.63) is 59.7 Å². The summed E-state index contributed by atoms with van der Waals surface area (Å²) in [6, 6.07) is 14.6. The zero-order valence-corrected chi connectivity index (χ0v) is 15.8. The molecular formula is C20H22N2O4S. The molecule has 0 aliphatic heterocycles. The lowest BCUT2D eigenvalue weighted by atomic mass is 10.1. The van der Waals surface area contributed by atoms with Gasteiger partial charge in [-0.3, -0.25) is 14.4 Å². The minimum absolute atomic E-state index is 0.0764. The van der Waals surface area contributed by atoms with Gasteiger partial charge in [-0.1, -0.05) is 29.8 Å². The Morgan fingerprint density at radius 2 is 1.33 bits per heavy atom. The highest BCUT2D eigenvalue weighted by Gasteiger charge is 2.07. The molecule has 0 fully saturated rings. The summed E-state index contributed by atoms with van der Waals surface area (Å²) in [6.07, 6.45) is 0.530. The van der Waals surface area contributed by atoms with Gasteiger partial charge in [0, 0.05) is 17.8 Å². The molecule has 0 radical (unpaired) electrons. The van der Waals surface area contributed by atoms with Gasteiger partial charge in [-0.25, -0.2) is 0 Å². The molecule has 2 aromatic carbocycles. The maximum atomic E-state index is 11.9. The molecule has 0 saturated carbocycles. The fraction of sp³-hybridized carbons (Fsp3) is 0.250. The third-order valence-electron chi connectivity index (χ3n) is 3.67. The zero-order valence-electron chi connectivity index (χ0n) is 15.0. The zero-order chi connectivity index (χ0) is 19.6. The van der Waals surface area contributed by atoms with Gasteiger partial charge in [0.15, 0.2) is 0 Å². The van der Waals surface area contributed by atoms with Crippen LogP contribution >= 0.6 is 11.8 Å². The lowest BCUT2D eigenvalue weighted by molar-refractivity contribution is -0.137. The van der Waals surface area contributed by atoms with Gasteiger partial charge in [0.1, 0.15) is 0 Å². The number of carboxylic acids is 1. The molecule has 7 heteroatoms. The summed E-state index contributed by atoms with van der Waals surface area (Å²) in [6.45, 7) is 1.98. The van der Waals surface area contributed by atoms with Crippen molar-refractivity contribution in [1.82, 2.24) is 0 Å². The number of anilines is 2. The highest BCUT2D eigenvalue weighted by Crippen LogP contribution is 2.13. The van der Waals surface area contributed by atoms with E-state index in [1.807, 2.05) is 31.2 Å². The number of aliphatic carboxylic acids is 1. The standard InChI is InChI=1S/C20H22N2O4S/c1-14-2-7-16(8-3-14)21-18(23)12-27-13-19(24)22-17-9-4-15(5-10-17)6-11-20(25)26/h2-5,7-10H,6,11-13H2,1H3,(H,21,23)(H,22,24)(H,25,26). The van der Waals surface area contributed by atoms with Crippen LogP contribution in [0.4, 0.5) is 11.4 Å². The number of carboxylic acid groups (broad SMARTS) is 1. The van der Waals surface area contributed by atoms with Crippen LogP contribution in [0.1, 0.15) is 17.5 Å². The maximum absolute atomic E-state index is 11.9. The van der Waals surface area contributed by atoms with E-state index in [1.165, 1.54) is 11.8 Å². The minimum atomic E-state index is -0.837. The van der Waals surface area contributed by atoms with Crippen molar-refractivity contribution in [3.63, 3.8) is 0 Å². The molecule has 6 nitrogen and oxygen atoms in total. The van der Waals surface area contributed by atoms with Gasteiger partial charge in [0.25, 0.3) is 0 Å². The number of thioether (sulfide) groups is 1. The SMILES string of the molecule is Cc1ccc(NC(=O)CSCC(=O)Nc2ccc(CCC(=O)O)cc2)cc1. The van der Waals surface area contributed by atoms with Crippen LogP contribution in [0.2, 0.25) is 0 Å². The van der Waals surface area contributed by atoms with Crippen molar-refractivity contribution in [3.8, 4) is 0 Å². The quantitative estimate of drug-likeness (QED) is 0.614. The maximum Gasteiger partial charge on any atom is 0.303 e. The van der Waals surface area contributed by atoms with Gasteiger partial charge in [0.05, 0.1) is 11.5 Å². The second kappa shape index (κ2) is 10.4. The fourth-order valence-electron chi connectivity index (χ4n) is 2.27. The molecule has 0 heterocycles. The molecule has 0 saturated heterocycles. The average Bonchev–Trinajstić information content (AvgIpc) is 2.63. The number of carbonyl (C=O) groups is 3. The topological polar surface area (TPSA) is 95.5 Å². The van der Waals surface area contributed by atoms with Crippen molar-refractivity contribution >= 4 is 40.9 Å². The molecule has 2 amide bonds. The van der Waals surface area contributed by atoms with E-state index in [2.05, 4.69) is 10.6 Å². The molecule has 142 valence electrons. The normalized spacial score (nSPS) is 10.3. The Hall–Kier alpha value is -2.80. The monoisotopic (exact) mass is 386 g/mol. The second-order valence-corrected chi connectivity index (χ2v) is 7.03. The number of hydrogen-bond acceptors (Lipinski definition) is 4. The Labute approximate surface area is 162 Å². The van der Waals surface area contributed by atoms with Crippen LogP contribution < -0.4 is 10.6 Å². The first-order valence-electron chi connectivity index (χ1n) is 8.47. The largest absolute Gasteiger partial charge is 0.481 e. The molecule has 2 rings (SSSR count). The third-order valence-corrected chi connectivity index (χ3v) is 4.60. The van der Waals surface area contributed by atoms with Gasteiger partial charge >= 0.3 is 5.97 Å². The predicted octanol–water partition coefficient (Wildman–Crippen LogP) is 3.32. The molecule has 0 aromatic heterocycles. The molecule has 3 N–H and O–H groups in total. The van der Waals surface area contributed by atoms with Crippen LogP contribution in [0, 0.1) is 6.92 Å². The lowest BCUT2D eigenvalue weighted by Gasteiger charge is -2.07. The summed E-state index contributed by atoms with van der Waals surface area (Å²) < 4.78 is 0. The molecule has 0 aliphatic carbocycles. The third kappa shape index (κ3) is 7.96. The van der Waals surface area contributed by atoms with Crippen molar-refractivity contribution in [2.24, 2.45) is 0 Å². The first kappa shape index (κ1) is 20.5. The summed E-state index contributed by atoms with van der Waals surface area (Å²) >= 11 is 1.24. The van der Waals surface area contributed by atoms with Crippen LogP contribution in [-0.2, 0) is 20.8 Å². The van der Waals surface area contributed by atoms with E-state index in [0.29, 0.717) is 12.1 Å². The fourth-order valence-corrected chi connectivity index (χ4v) is 2.89. The number of carbonyl (C=O) groups excluding carboxylic acids is 2. The van der Waals surface area contributed by atoms with E-state index in [0.717, 1.165) is 16.8 Å². The molecule has 27 heavy (non-hydrogen) atoms. The van der Waals surface area contributed by atoms with Crippen molar-refractivity contribution < 1.29 is 19.5 Å². The Bertz CT molecular complexity index is 789. The molecule has 0 atom stereocenters. The molecule has 0 unspecified atom stereocenters.